The number of aromatic nitrogens is 1. The molecule has 0 aliphatic heterocycles. The van der Waals surface area contributed by atoms with Gasteiger partial charge < -0.3 is 0 Å². The monoisotopic (exact) mass is 170 g/mol. The molecule has 1 aromatic heterocycles. The van der Waals surface area contributed by atoms with Crippen molar-refractivity contribution in [2.45, 2.75) is 0 Å². The molecule has 62 valence electrons. The van der Waals surface area contributed by atoms with E-state index >= 15 is 0 Å². The zero-order valence-electron chi connectivity index (χ0n) is 6.75. The lowest BCUT2D eigenvalue weighted by atomic mass is 10.2. The molecule has 0 amide bonds. The summed E-state index contributed by atoms with van der Waals surface area (Å²) in [6.45, 7) is 0. The van der Waals surface area contributed by atoms with Crippen molar-refractivity contribution in [1.29, 1.82) is 0 Å². The molecule has 2 rings (SSSR count). The minimum atomic E-state index is 0.626. The molecule has 0 N–H and O–H groups in total. The van der Waals surface area contributed by atoms with Gasteiger partial charge in [0.05, 0.1) is 0 Å². The average Bonchev–Trinajstić information content (AvgIpc) is 2.18. The molecule has 0 spiro atoms. The van der Waals surface area contributed by atoms with Gasteiger partial charge in [-0.05, 0) is 23.1 Å². The van der Waals surface area contributed by atoms with E-state index in [0.717, 1.165) is 10.8 Å². The van der Waals surface area contributed by atoms with Gasteiger partial charge in [0.25, 0.3) is 0 Å². The van der Waals surface area contributed by atoms with Crippen LogP contribution in [0.4, 0.5) is 5.69 Å². The summed E-state index contributed by atoms with van der Waals surface area (Å²) < 4.78 is 0. The van der Waals surface area contributed by atoms with E-state index in [1.807, 2.05) is 18.2 Å². The summed E-state index contributed by atoms with van der Waals surface area (Å²) in [5, 5.41) is 5.59. The molecule has 0 radical (unpaired) electrons. The molecule has 0 aliphatic carbocycles. The van der Waals surface area contributed by atoms with E-state index in [9.17, 15) is 0 Å². The zero-order chi connectivity index (χ0) is 9.10. The molecule has 1 heterocycles. The third-order valence-electron chi connectivity index (χ3n) is 1.78. The molecule has 4 nitrogen and oxygen atoms in total. The molecule has 0 bridgehead atoms. The molecule has 0 aliphatic rings. The normalized spacial score (nSPS) is 9.54. The Balaban J connectivity index is 2.68. The van der Waals surface area contributed by atoms with Gasteiger partial charge in [-0.2, -0.15) is 0 Å². The van der Waals surface area contributed by atoms with Crippen LogP contribution in [0.5, 0.6) is 0 Å². The van der Waals surface area contributed by atoms with Crippen LogP contribution < -0.4 is 0 Å². The summed E-state index contributed by atoms with van der Waals surface area (Å²) in [7, 11) is 0. The Labute approximate surface area is 74.5 Å². The number of hydrogen-bond donors (Lipinski definition) is 0. The van der Waals surface area contributed by atoms with Crippen LogP contribution >= 0.6 is 0 Å². The molecule has 0 atom stereocenters. The summed E-state index contributed by atoms with van der Waals surface area (Å²) in [6.07, 6.45) is 3.48. The minimum absolute atomic E-state index is 0.626. The number of hydrogen-bond acceptors (Lipinski definition) is 2. The van der Waals surface area contributed by atoms with Crippen LogP contribution in [0.15, 0.2) is 41.8 Å². The molecule has 4 heteroatoms. The Hall–Kier alpha value is -2.06. The van der Waals surface area contributed by atoms with Crippen LogP contribution in [-0.2, 0) is 0 Å². The largest absolute Gasteiger partial charge is 0.264 e. The summed E-state index contributed by atoms with van der Waals surface area (Å²) in [4.78, 5) is 6.71. The van der Waals surface area contributed by atoms with Gasteiger partial charge in [0, 0.05) is 28.4 Å². The SMILES string of the molecule is [N-]=[N+]=Nc1ccc2cnccc2c1. The third-order valence-corrected chi connectivity index (χ3v) is 1.78. The Kier molecular flexibility index (Phi) is 1.82. The fraction of sp³-hybridized carbons (Fsp3) is 0. The topological polar surface area (TPSA) is 61.7 Å². The van der Waals surface area contributed by atoms with Crippen LogP contribution in [0.1, 0.15) is 0 Å². The van der Waals surface area contributed by atoms with Crippen LogP contribution in [0.2, 0.25) is 0 Å². The average molecular weight is 170 g/mol. The quantitative estimate of drug-likeness (QED) is 0.368. The summed E-state index contributed by atoms with van der Waals surface area (Å²) in [5.41, 5.74) is 8.86. The molecule has 2 aromatic rings. The van der Waals surface area contributed by atoms with Crippen molar-refractivity contribution in [2.24, 2.45) is 5.11 Å². The van der Waals surface area contributed by atoms with E-state index < -0.39 is 0 Å². The van der Waals surface area contributed by atoms with Gasteiger partial charge in [0.2, 0.25) is 0 Å². The maximum atomic E-state index is 8.24. The van der Waals surface area contributed by atoms with Crippen molar-refractivity contribution in [3.63, 3.8) is 0 Å². The van der Waals surface area contributed by atoms with Gasteiger partial charge in [0.1, 0.15) is 0 Å². The molecular formula is C9H6N4. The summed E-state index contributed by atoms with van der Waals surface area (Å²) in [5.74, 6) is 0. The second-order valence-electron chi connectivity index (χ2n) is 2.60. The zero-order valence-corrected chi connectivity index (χ0v) is 6.75. The smallest absolute Gasteiger partial charge is 0.0381 e. The first-order chi connectivity index (χ1) is 6.40. The van der Waals surface area contributed by atoms with Crippen molar-refractivity contribution >= 4 is 16.5 Å². The summed E-state index contributed by atoms with van der Waals surface area (Å²) >= 11 is 0. The number of rotatable bonds is 1. The van der Waals surface area contributed by atoms with E-state index in [1.165, 1.54) is 0 Å². The first-order valence-electron chi connectivity index (χ1n) is 3.79. The predicted octanol–water partition coefficient (Wildman–Crippen LogP) is 3.18. The van der Waals surface area contributed by atoms with Crippen molar-refractivity contribution in [1.82, 2.24) is 4.98 Å². The van der Waals surface area contributed by atoms with E-state index in [-0.39, 0.29) is 0 Å². The lowest BCUT2D eigenvalue weighted by Crippen LogP contribution is -1.73. The van der Waals surface area contributed by atoms with Gasteiger partial charge in [-0.25, -0.2) is 0 Å². The molecule has 0 saturated heterocycles. The number of azide groups is 1. The molecule has 0 fully saturated rings. The maximum absolute atomic E-state index is 8.24. The van der Waals surface area contributed by atoms with Gasteiger partial charge in [-0.1, -0.05) is 17.2 Å². The number of pyridine rings is 1. The number of benzene rings is 1. The van der Waals surface area contributed by atoms with Crippen LogP contribution in [0, 0.1) is 0 Å². The highest BCUT2D eigenvalue weighted by molar-refractivity contribution is 5.84. The highest BCUT2D eigenvalue weighted by atomic mass is 15.1. The number of nitrogens with zero attached hydrogens (tertiary/aromatic N) is 4. The molecule has 0 saturated carbocycles. The van der Waals surface area contributed by atoms with Crippen LogP contribution in [-0.4, -0.2) is 4.98 Å². The van der Waals surface area contributed by atoms with Gasteiger partial charge in [-0.3, -0.25) is 4.98 Å². The van der Waals surface area contributed by atoms with Gasteiger partial charge in [-0.15, -0.1) is 0 Å². The van der Waals surface area contributed by atoms with Crippen molar-refractivity contribution < 1.29 is 0 Å². The third kappa shape index (κ3) is 1.43. The van der Waals surface area contributed by atoms with Crippen molar-refractivity contribution in [3.8, 4) is 0 Å². The second-order valence-corrected chi connectivity index (χ2v) is 2.60. The minimum Gasteiger partial charge on any atom is -0.264 e. The van der Waals surface area contributed by atoms with Gasteiger partial charge in [0.15, 0.2) is 0 Å². The Morgan fingerprint density at radius 2 is 2.15 bits per heavy atom. The van der Waals surface area contributed by atoms with Crippen molar-refractivity contribution in [3.05, 3.63) is 47.1 Å². The van der Waals surface area contributed by atoms with E-state index in [0.29, 0.717) is 5.69 Å². The Morgan fingerprint density at radius 1 is 1.23 bits per heavy atom. The van der Waals surface area contributed by atoms with Gasteiger partial charge >= 0.3 is 0 Å². The standard InChI is InChI=1S/C9H6N4/c10-13-12-9-2-1-8-6-11-4-3-7(8)5-9/h1-6H. The highest BCUT2D eigenvalue weighted by Crippen LogP contribution is 2.19. The molecular weight excluding hydrogens is 164 g/mol. The lowest BCUT2D eigenvalue weighted by molar-refractivity contribution is 1.36. The molecule has 1 aromatic carbocycles. The van der Waals surface area contributed by atoms with Crippen LogP contribution in [0.3, 0.4) is 0 Å². The fourth-order valence-electron chi connectivity index (χ4n) is 1.18. The predicted molar refractivity (Wildman–Crippen MR) is 50.5 cm³/mol. The highest BCUT2D eigenvalue weighted by Gasteiger charge is 1.92. The Morgan fingerprint density at radius 3 is 3.00 bits per heavy atom. The first-order valence-corrected chi connectivity index (χ1v) is 3.79. The maximum Gasteiger partial charge on any atom is 0.0381 e. The fourth-order valence-corrected chi connectivity index (χ4v) is 1.18. The summed E-state index contributed by atoms with van der Waals surface area (Å²) in [6, 6.07) is 7.36. The molecule has 13 heavy (non-hydrogen) atoms. The number of fused-ring (bicyclic) bond motifs is 1. The van der Waals surface area contributed by atoms with E-state index in [1.54, 1.807) is 18.5 Å². The Bertz CT molecular complexity index is 486. The lowest BCUT2D eigenvalue weighted by Gasteiger charge is -1.96. The second kappa shape index (κ2) is 3.13. The van der Waals surface area contributed by atoms with E-state index in [2.05, 4.69) is 15.0 Å². The van der Waals surface area contributed by atoms with E-state index in [4.69, 9.17) is 5.53 Å². The molecule has 0 unspecified atom stereocenters. The van der Waals surface area contributed by atoms with Crippen LogP contribution in [0.25, 0.3) is 21.2 Å². The van der Waals surface area contributed by atoms with Crippen molar-refractivity contribution in [2.75, 3.05) is 0 Å². The first kappa shape index (κ1) is 7.58.